The Labute approximate surface area is 129 Å². The summed E-state index contributed by atoms with van der Waals surface area (Å²) >= 11 is 12.0. The van der Waals surface area contributed by atoms with Crippen LogP contribution in [-0.2, 0) is 11.2 Å². The van der Waals surface area contributed by atoms with E-state index in [-0.39, 0.29) is 11.9 Å². The number of amides is 1. The van der Waals surface area contributed by atoms with Crippen LogP contribution in [0.1, 0.15) is 37.7 Å². The Bertz CT molecular complexity index is 479. The van der Waals surface area contributed by atoms with E-state index in [0.717, 1.165) is 31.2 Å². The Balaban J connectivity index is 1.84. The van der Waals surface area contributed by atoms with Gasteiger partial charge in [0.1, 0.15) is 0 Å². The van der Waals surface area contributed by atoms with Gasteiger partial charge in [-0.3, -0.25) is 4.79 Å². The lowest BCUT2D eigenvalue weighted by Crippen LogP contribution is -2.45. The summed E-state index contributed by atoms with van der Waals surface area (Å²) in [5.74, 6) is -0.0491. The first-order valence-corrected chi connectivity index (χ1v) is 7.74. The van der Waals surface area contributed by atoms with Crippen LogP contribution in [-0.4, -0.2) is 23.2 Å². The molecule has 0 spiro atoms. The first kappa shape index (κ1) is 15.6. The summed E-state index contributed by atoms with van der Waals surface area (Å²) in [5, 5.41) is 13.8. The fourth-order valence-corrected chi connectivity index (χ4v) is 2.96. The van der Waals surface area contributed by atoms with Crippen molar-refractivity contribution in [2.75, 3.05) is 0 Å². The molecule has 2 N–H and O–H groups in total. The Morgan fingerprint density at radius 2 is 2.05 bits per heavy atom. The van der Waals surface area contributed by atoms with Crippen molar-refractivity contribution in [3.05, 3.63) is 33.8 Å². The number of aliphatic hydroxyl groups is 1. The molecule has 1 aromatic rings. The van der Waals surface area contributed by atoms with Gasteiger partial charge >= 0.3 is 0 Å². The Hall–Kier alpha value is -0.770. The number of hydrogen-bond acceptors (Lipinski definition) is 2. The fourth-order valence-electron chi connectivity index (χ4n) is 2.55. The lowest BCUT2D eigenvalue weighted by molar-refractivity contribution is -0.123. The minimum Gasteiger partial charge on any atom is -0.391 e. The van der Waals surface area contributed by atoms with Gasteiger partial charge in [-0.05, 0) is 30.9 Å². The van der Waals surface area contributed by atoms with Gasteiger partial charge in [0, 0.05) is 6.42 Å². The summed E-state index contributed by atoms with van der Waals surface area (Å²) in [7, 11) is 0. The lowest BCUT2D eigenvalue weighted by atomic mass is 9.92. The third-order valence-corrected chi connectivity index (χ3v) is 4.59. The SMILES string of the molecule is O=C(CCc1cccc(Cl)c1Cl)NC1CCCCC1O. The second kappa shape index (κ2) is 7.30. The van der Waals surface area contributed by atoms with Gasteiger partial charge in [-0.15, -0.1) is 0 Å². The molecule has 1 saturated carbocycles. The molecule has 1 aliphatic carbocycles. The summed E-state index contributed by atoms with van der Waals surface area (Å²) in [6.45, 7) is 0. The summed E-state index contributed by atoms with van der Waals surface area (Å²) in [6.07, 6.45) is 4.20. The van der Waals surface area contributed by atoms with Gasteiger partial charge in [-0.1, -0.05) is 48.2 Å². The fraction of sp³-hybridized carbons (Fsp3) is 0.533. The summed E-state index contributed by atoms with van der Waals surface area (Å²) in [6, 6.07) is 5.32. The van der Waals surface area contributed by atoms with Gasteiger partial charge in [0.05, 0.1) is 22.2 Å². The molecule has 0 aliphatic heterocycles. The largest absolute Gasteiger partial charge is 0.391 e. The molecule has 1 fully saturated rings. The van der Waals surface area contributed by atoms with Crippen molar-refractivity contribution in [1.82, 2.24) is 5.32 Å². The van der Waals surface area contributed by atoms with Gasteiger partial charge < -0.3 is 10.4 Å². The smallest absolute Gasteiger partial charge is 0.220 e. The maximum absolute atomic E-state index is 11.9. The molecule has 3 nitrogen and oxygen atoms in total. The summed E-state index contributed by atoms with van der Waals surface area (Å²) in [4.78, 5) is 11.9. The van der Waals surface area contributed by atoms with Crippen LogP contribution < -0.4 is 5.32 Å². The number of halogens is 2. The Kier molecular flexibility index (Phi) is 5.70. The summed E-state index contributed by atoms with van der Waals surface area (Å²) < 4.78 is 0. The first-order chi connectivity index (χ1) is 9.58. The van der Waals surface area contributed by atoms with E-state index in [1.807, 2.05) is 12.1 Å². The molecular weight excluding hydrogens is 297 g/mol. The van der Waals surface area contributed by atoms with Crippen molar-refractivity contribution in [3.63, 3.8) is 0 Å². The molecule has 0 aromatic heterocycles. The molecule has 110 valence electrons. The number of hydrogen-bond donors (Lipinski definition) is 2. The highest BCUT2D eigenvalue weighted by molar-refractivity contribution is 6.42. The quantitative estimate of drug-likeness (QED) is 0.895. The van der Waals surface area contributed by atoms with Crippen LogP contribution in [0.25, 0.3) is 0 Å². The average molecular weight is 316 g/mol. The molecule has 0 heterocycles. The monoisotopic (exact) mass is 315 g/mol. The molecule has 2 unspecified atom stereocenters. The van der Waals surface area contributed by atoms with Crippen LogP contribution in [0.4, 0.5) is 0 Å². The Morgan fingerprint density at radius 3 is 2.80 bits per heavy atom. The number of nitrogens with one attached hydrogen (secondary N) is 1. The molecule has 2 atom stereocenters. The highest BCUT2D eigenvalue weighted by Gasteiger charge is 2.24. The van der Waals surface area contributed by atoms with E-state index in [1.165, 1.54) is 0 Å². The minimum absolute atomic E-state index is 0.0491. The average Bonchev–Trinajstić information content (AvgIpc) is 2.43. The lowest BCUT2D eigenvalue weighted by Gasteiger charge is -2.28. The van der Waals surface area contributed by atoms with E-state index in [4.69, 9.17) is 23.2 Å². The number of carbonyl (C=O) groups excluding carboxylic acids is 1. The predicted molar refractivity (Wildman–Crippen MR) is 81.2 cm³/mol. The number of carbonyl (C=O) groups is 1. The summed E-state index contributed by atoms with van der Waals surface area (Å²) in [5.41, 5.74) is 0.874. The zero-order chi connectivity index (χ0) is 14.5. The first-order valence-electron chi connectivity index (χ1n) is 6.98. The van der Waals surface area contributed by atoms with Crippen molar-refractivity contribution < 1.29 is 9.90 Å². The predicted octanol–water partition coefficient (Wildman–Crippen LogP) is 3.35. The third kappa shape index (κ3) is 4.11. The standard InChI is InChI=1S/C15H19Cl2NO2/c16-11-5-3-4-10(15(11)17)8-9-14(20)18-12-6-1-2-7-13(12)19/h3-5,12-13,19H,1-2,6-9H2,(H,18,20). The normalized spacial score (nSPS) is 22.6. The van der Waals surface area contributed by atoms with E-state index in [2.05, 4.69) is 5.32 Å². The van der Waals surface area contributed by atoms with Crippen LogP contribution >= 0.6 is 23.2 Å². The van der Waals surface area contributed by atoms with Gasteiger partial charge in [0.2, 0.25) is 5.91 Å². The zero-order valence-corrected chi connectivity index (χ0v) is 12.8. The highest BCUT2D eigenvalue weighted by Crippen LogP contribution is 2.26. The van der Waals surface area contributed by atoms with Crippen LogP contribution in [0.3, 0.4) is 0 Å². The van der Waals surface area contributed by atoms with Crippen LogP contribution in [0, 0.1) is 0 Å². The van der Waals surface area contributed by atoms with Gasteiger partial charge in [-0.25, -0.2) is 0 Å². The molecule has 0 bridgehead atoms. The molecule has 2 rings (SSSR count). The molecule has 1 amide bonds. The topological polar surface area (TPSA) is 49.3 Å². The second-order valence-corrected chi connectivity index (χ2v) is 6.02. The number of aryl methyl sites for hydroxylation is 1. The van der Waals surface area contributed by atoms with E-state index in [0.29, 0.717) is 22.9 Å². The zero-order valence-electron chi connectivity index (χ0n) is 11.2. The molecule has 1 aromatic carbocycles. The number of aliphatic hydroxyl groups excluding tert-OH is 1. The minimum atomic E-state index is -0.414. The van der Waals surface area contributed by atoms with Gasteiger partial charge in [-0.2, -0.15) is 0 Å². The molecule has 20 heavy (non-hydrogen) atoms. The number of rotatable bonds is 4. The maximum Gasteiger partial charge on any atom is 0.220 e. The van der Waals surface area contributed by atoms with Crippen LogP contribution in [0.15, 0.2) is 18.2 Å². The molecule has 0 saturated heterocycles. The van der Waals surface area contributed by atoms with Crippen molar-refractivity contribution in [2.24, 2.45) is 0 Å². The van der Waals surface area contributed by atoms with Crippen LogP contribution in [0.5, 0.6) is 0 Å². The van der Waals surface area contributed by atoms with E-state index in [9.17, 15) is 9.90 Å². The molecular formula is C15H19Cl2NO2. The van der Waals surface area contributed by atoms with Gasteiger partial charge in [0.15, 0.2) is 0 Å². The molecule has 0 radical (unpaired) electrons. The van der Waals surface area contributed by atoms with Crippen molar-refractivity contribution in [1.29, 1.82) is 0 Å². The second-order valence-electron chi connectivity index (χ2n) is 5.24. The van der Waals surface area contributed by atoms with E-state index >= 15 is 0 Å². The Morgan fingerprint density at radius 1 is 1.30 bits per heavy atom. The third-order valence-electron chi connectivity index (χ3n) is 3.73. The maximum atomic E-state index is 11.9. The van der Waals surface area contributed by atoms with Gasteiger partial charge in [0.25, 0.3) is 0 Å². The van der Waals surface area contributed by atoms with E-state index in [1.54, 1.807) is 6.07 Å². The van der Waals surface area contributed by atoms with Crippen LogP contribution in [0.2, 0.25) is 10.0 Å². The van der Waals surface area contributed by atoms with Crippen molar-refractivity contribution in [2.45, 2.75) is 50.7 Å². The molecule has 5 heteroatoms. The highest BCUT2D eigenvalue weighted by atomic mass is 35.5. The van der Waals surface area contributed by atoms with Crippen molar-refractivity contribution >= 4 is 29.1 Å². The number of benzene rings is 1. The van der Waals surface area contributed by atoms with Crippen molar-refractivity contribution in [3.8, 4) is 0 Å². The molecule has 1 aliphatic rings. The van der Waals surface area contributed by atoms with E-state index < -0.39 is 6.10 Å².